The van der Waals surface area contributed by atoms with Crippen LogP contribution in [0.15, 0.2) is 24.3 Å². The van der Waals surface area contributed by atoms with Gasteiger partial charge in [-0.3, -0.25) is 0 Å². The fraction of sp³-hybridized carbons (Fsp3) is 0.333. The van der Waals surface area contributed by atoms with Crippen molar-refractivity contribution in [2.75, 3.05) is 13.2 Å². The van der Waals surface area contributed by atoms with Crippen LogP contribution in [0.5, 0.6) is 0 Å². The Labute approximate surface area is 84.8 Å². The highest BCUT2D eigenvalue weighted by molar-refractivity contribution is 9.09. The predicted octanol–water partition coefficient (Wildman–Crippen LogP) is 2.96. The lowest BCUT2D eigenvalue weighted by Crippen LogP contribution is -2.41. The van der Waals surface area contributed by atoms with Gasteiger partial charge in [-0.15, -0.1) is 0 Å². The van der Waals surface area contributed by atoms with E-state index in [1.165, 1.54) is 0 Å². The molecule has 1 aliphatic heterocycles. The van der Waals surface area contributed by atoms with Crippen molar-refractivity contribution < 1.29 is 4.74 Å². The van der Waals surface area contributed by atoms with Crippen LogP contribution in [0.3, 0.4) is 0 Å². The van der Waals surface area contributed by atoms with E-state index in [-0.39, 0.29) is 4.32 Å². The molecule has 0 aromatic heterocycles. The lowest BCUT2D eigenvalue weighted by Gasteiger charge is -2.36. The molecule has 3 heteroatoms. The van der Waals surface area contributed by atoms with Gasteiger partial charge in [0.15, 0.2) is 0 Å². The van der Waals surface area contributed by atoms with Crippen LogP contribution in [0.2, 0.25) is 5.02 Å². The molecule has 12 heavy (non-hydrogen) atoms. The highest BCUT2D eigenvalue weighted by atomic mass is 79.9. The van der Waals surface area contributed by atoms with Gasteiger partial charge in [0.1, 0.15) is 0 Å². The number of ether oxygens (including phenoxy) is 1. The molecule has 0 bridgehead atoms. The number of hydrogen-bond acceptors (Lipinski definition) is 1. The Kier molecular flexibility index (Phi) is 2.15. The van der Waals surface area contributed by atoms with E-state index in [4.69, 9.17) is 16.3 Å². The molecule has 0 spiro atoms. The number of halogens is 2. The molecule has 1 saturated heterocycles. The Morgan fingerprint density at radius 1 is 1.33 bits per heavy atom. The highest BCUT2D eigenvalue weighted by Gasteiger charge is 2.38. The summed E-state index contributed by atoms with van der Waals surface area (Å²) in [5.41, 5.74) is 1.12. The highest BCUT2D eigenvalue weighted by Crippen LogP contribution is 2.41. The van der Waals surface area contributed by atoms with Crippen molar-refractivity contribution >= 4 is 27.5 Å². The van der Waals surface area contributed by atoms with E-state index in [1.54, 1.807) is 0 Å². The Hall–Kier alpha value is -0.0500. The van der Waals surface area contributed by atoms with E-state index in [1.807, 2.05) is 24.3 Å². The first kappa shape index (κ1) is 8.54. The molecule has 1 heterocycles. The lowest BCUT2D eigenvalue weighted by molar-refractivity contribution is -0.00694. The molecular weight excluding hydrogens is 239 g/mol. The van der Waals surface area contributed by atoms with Crippen LogP contribution in [0.4, 0.5) is 0 Å². The number of benzene rings is 1. The lowest BCUT2D eigenvalue weighted by atomic mass is 9.97. The van der Waals surface area contributed by atoms with E-state index >= 15 is 0 Å². The molecule has 0 N–H and O–H groups in total. The topological polar surface area (TPSA) is 9.23 Å². The SMILES string of the molecule is Clc1ccccc1C1(Br)COC1. The number of rotatable bonds is 1. The summed E-state index contributed by atoms with van der Waals surface area (Å²) in [6.45, 7) is 1.41. The summed E-state index contributed by atoms with van der Waals surface area (Å²) >= 11 is 9.65. The summed E-state index contributed by atoms with van der Waals surface area (Å²) in [7, 11) is 0. The second-order valence-electron chi connectivity index (χ2n) is 2.94. The molecule has 1 fully saturated rings. The average molecular weight is 248 g/mol. The number of hydrogen-bond donors (Lipinski definition) is 0. The molecule has 0 radical (unpaired) electrons. The van der Waals surface area contributed by atoms with Crippen molar-refractivity contribution in [1.82, 2.24) is 0 Å². The van der Waals surface area contributed by atoms with Crippen molar-refractivity contribution in [3.05, 3.63) is 34.9 Å². The monoisotopic (exact) mass is 246 g/mol. The first-order valence-electron chi connectivity index (χ1n) is 3.74. The van der Waals surface area contributed by atoms with Crippen LogP contribution in [-0.2, 0) is 9.06 Å². The predicted molar refractivity (Wildman–Crippen MR) is 52.9 cm³/mol. The third-order valence-electron chi connectivity index (χ3n) is 2.02. The van der Waals surface area contributed by atoms with E-state index < -0.39 is 0 Å². The van der Waals surface area contributed by atoms with E-state index in [9.17, 15) is 0 Å². The van der Waals surface area contributed by atoms with Crippen LogP contribution >= 0.6 is 27.5 Å². The maximum atomic E-state index is 6.04. The number of alkyl halides is 1. The average Bonchev–Trinajstić information content (AvgIpc) is 2.01. The molecule has 0 amide bonds. The van der Waals surface area contributed by atoms with Gasteiger partial charge in [0.25, 0.3) is 0 Å². The van der Waals surface area contributed by atoms with E-state index in [2.05, 4.69) is 15.9 Å². The minimum absolute atomic E-state index is 0.0364. The van der Waals surface area contributed by atoms with E-state index in [0.29, 0.717) is 13.2 Å². The molecule has 1 aromatic carbocycles. The summed E-state index contributed by atoms with van der Waals surface area (Å²) in [5, 5.41) is 0.803. The van der Waals surface area contributed by atoms with Gasteiger partial charge in [0, 0.05) is 5.02 Å². The van der Waals surface area contributed by atoms with Gasteiger partial charge in [-0.2, -0.15) is 0 Å². The molecule has 0 unspecified atom stereocenters. The quantitative estimate of drug-likeness (QED) is 0.693. The Morgan fingerprint density at radius 3 is 2.50 bits per heavy atom. The van der Waals surface area contributed by atoms with E-state index in [0.717, 1.165) is 10.6 Å². The first-order chi connectivity index (χ1) is 5.72. The smallest absolute Gasteiger partial charge is 0.0985 e. The zero-order valence-corrected chi connectivity index (χ0v) is 8.73. The van der Waals surface area contributed by atoms with Gasteiger partial charge in [-0.05, 0) is 11.6 Å². The molecule has 2 rings (SSSR count). The minimum atomic E-state index is -0.0364. The second kappa shape index (κ2) is 3.02. The summed E-state index contributed by atoms with van der Waals surface area (Å²) in [6, 6.07) is 7.85. The fourth-order valence-corrected chi connectivity index (χ4v) is 2.36. The molecule has 64 valence electrons. The Balaban J connectivity index is 2.39. The van der Waals surface area contributed by atoms with Gasteiger partial charge in [0.05, 0.1) is 17.5 Å². The van der Waals surface area contributed by atoms with Crippen LogP contribution < -0.4 is 0 Å². The van der Waals surface area contributed by atoms with Gasteiger partial charge >= 0.3 is 0 Å². The van der Waals surface area contributed by atoms with Crippen molar-refractivity contribution in [3.8, 4) is 0 Å². The van der Waals surface area contributed by atoms with Crippen LogP contribution in [0.1, 0.15) is 5.56 Å². The minimum Gasteiger partial charge on any atom is -0.378 e. The van der Waals surface area contributed by atoms with Crippen molar-refractivity contribution in [2.24, 2.45) is 0 Å². The summed E-state index contributed by atoms with van der Waals surface area (Å²) in [6.07, 6.45) is 0. The van der Waals surface area contributed by atoms with Gasteiger partial charge in [0.2, 0.25) is 0 Å². The van der Waals surface area contributed by atoms with Crippen molar-refractivity contribution in [1.29, 1.82) is 0 Å². The van der Waals surface area contributed by atoms with Crippen LogP contribution in [0.25, 0.3) is 0 Å². The van der Waals surface area contributed by atoms with Gasteiger partial charge in [-0.25, -0.2) is 0 Å². The molecular formula is C9H8BrClO. The fourth-order valence-electron chi connectivity index (χ4n) is 1.26. The summed E-state index contributed by atoms with van der Waals surface area (Å²) < 4.78 is 5.11. The largest absolute Gasteiger partial charge is 0.378 e. The van der Waals surface area contributed by atoms with Gasteiger partial charge < -0.3 is 4.74 Å². The zero-order chi connectivity index (χ0) is 8.60. The molecule has 0 atom stereocenters. The molecule has 0 saturated carbocycles. The molecule has 0 aliphatic carbocycles. The molecule has 1 aromatic rings. The Bertz CT molecular complexity index is 296. The molecule has 1 nitrogen and oxygen atoms in total. The maximum absolute atomic E-state index is 6.04. The van der Waals surface area contributed by atoms with Crippen molar-refractivity contribution in [3.63, 3.8) is 0 Å². The Morgan fingerprint density at radius 2 is 2.00 bits per heavy atom. The third-order valence-corrected chi connectivity index (χ3v) is 3.23. The maximum Gasteiger partial charge on any atom is 0.0985 e. The van der Waals surface area contributed by atoms with Crippen molar-refractivity contribution in [2.45, 2.75) is 4.32 Å². The summed E-state index contributed by atoms with van der Waals surface area (Å²) in [4.78, 5) is 0. The zero-order valence-electron chi connectivity index (χ0n) is 6.39. The normalized spacial score (nSPS) is 20.2. The van der Waals surface area contributed by atoms with Gasteiger partial charge in [-0.1, -0.05) is 45.7 Å². The molecule has 1 aliphatic rings. The third kappa shape index (κ3) is 1.28. The first-order valence-corrected chi connectivity index (χ1v) is 4.91. The van der Waals surface area contributed by atoms with Crippen LogP contribution in [-0.4, -0.2) is 13.2 Å². The standard InChI is InChI=1S/C9H8BrClO/c10-9(5-12-6-9)7-3-1-2-4-8(7)11/h1-4H,5-6H2. The summed E-state index contributed by atoms with van der Waals surface area (Å²) in [5.74, 6) is 0. The second-order valence-corrected chi connectivity index (χ2v) is 4.86. The van der Waals surface area contributed by atoms with Crippen LogP contribution in [0, 0.1) is 0 Å².